The predicted molar refractivity (Wildman–Crippen MR) is 73.7 cm³/mol. The molecule has 98 valence electrons. The van der Waals surface area contributed by atoms with Crippen LogP contribution in [0.3, 0.4) is 0 Å². The number of benzene rings is 1. The minimum Gasteiger partial charge on any atom is -0.396 e. The maximum Gasteiger partial charge on any atom is 0.111 e. The normalized spacial score (nSPS) is 11.3. The Morgan fingerprint density at radius 2 is 2.05 bits per heavy atom. The van der Waals surface area contributed by atoms with Gasteiger partial charge in [-0.25, -0.2) is 9.97 Å². The lowest BCUT2D eigenvalue weighted by atomic mass is 10.1. The molecule has 2 aromatic heterocycles. The summed E-state index contributed by atoms with van der Waals surface area (Å²) in [4.78, 5) is 8.71. The molecule has 0 bridgehead atoms. The summed E-state index contributed by atoms with van der Waals surface area (Å²) in [6.07, 6.45) is 4.23. The van der Waals surface area contributed by atoms with E-state index in [-0.39, 0.29) is 6.61 Å². The lowest BCUT2D eigenvalue weighted by Crippen LogP contribution is -2.02. The Bertz CT molecular complexity index is 726. The lowest BCUT2D eigenvalue weighted by molar-refractivity contribution is 0.295. The van der Waals surface area contributed by atoms with Crippen LogP contribution in [0.4, 0.5) is 0 Å². The largest absolute Gasteiger partial charge is 0.396 e. The van der Waals surface area contributed by atoms with E-state index in [2.05, 4.69) is 28.2 Å². The molecule has 0 unspecified atom stereocenters. The quantitative estimate of drug-likeness (QED) is 0.772. The number of rotatable bonds is 3. The van der Waals surface area contributed by atoms with Crippen molar-refractivity contribution in [1.82, 2.24) is 19.1 Å². The molecule has 1 aromatic carbocycles. The molecule has 2 heterocycles. The Hall–Kier alpha value is -2.14. The molecule has 1 N–H and O–H groups in total. The van der Waals surface area contributed by atoms with Gasteiger partial charge in [-0.1, -0.05) is 6.07 Å². The number of aryl methyl sites for hydroxylation is 1. The molecule has 0 aliphatic rings. The summed E-state index contributed by atoms with van der Waals surface area (Å²) in [5.41, 5.74) is 4.22. The SMILES string of the molecule is Cn1c(-c2ccc3c(c2)ncn3C)cnc1CCO. The highest BCUT2D eigenvalue weighted by Crippen LogP contribution is 2.24. The zero-order chi connectivity index (χ0) is 13.4. The molecule has 0 aliphatic carbocycles. The molecule has 5 nitrogen and oxygen atoms in total. The molecule has 5 heteroatoms. The maximum atomic E-state index is 9.00. The lowest BCUT2D eigenvalue weighted by Gasteiger charge is -2.05. The van der Waals surface area contributed by atoms with Gasteiger partial charge in [0.1, 0.15) is 5.82 Å². The van der Waals surface area contributed by atoms with Crippen molar-refractivity contribution in [3.05, 3.63) is 36.5 Å². The van der Waals surface area contributed by atoms with Crippen LogP contribution < -0.4 is 0 Å². The highest BCUT2D eigenvalue weighted by molar-refractivity contribution is 5.81. The fourth-order valence-electron chi connectivity index (χ4n) is 2.34. The second kappa shape index (κ2) is 4.51. The molecular formula is C14H16N4O. The van der Waals surface area contributed by atoms with Gasteiger partial charge >= 0.3 is 0 Å². The fraction of sp³-hybridized carbons (Fsp3) is 0.286. The van der Waals surface area contributed by atoms with E-state index in [1.165, 1.54) is 0 Å². The van der Waals surface area contributed by atoms with Crippen molar-refractivity contribution in [2.45, 2.75) is 6.42 Å². The van der Waals surface area contributed by atoms with Crippen molar-refractivity contribution in [3.8, 4) is 11.3 Å². The monoisotopic (exact) mass is 256 g/mol. The van der Waals surface area contributed by atoms with Crippen molar-refractivity contribution in [1.29, 1.82) is 0 Å². The van der Waals surface area contributed by atoms with Gasteiger partial charge in [-0.15, -0.1) is 0 Å². The van der Waals surface area contributed by atoms with Gasteiger partial charge in [-0.05, 0) is 12.1 Å². The van der Waals surface area contributed by atoms with Gasteiger partial charge in [0.15, 0.2) is 0 Å². The summed E-state index contributed by atoms with van der Waals surface area (Å²) in [5.74, 6) is 0.888. The number of fused-ring (bicyclic) bond motifs is 1. The van der Waals surface area contributed by atoms with E-state index in [4.69, 9.17) is 5.11 Å². The van der Waals surface area contributed by atoms with Crippen molar-refractivity contribution in [2.24, 2.45) is 14.1 Å². The second-order valence-electron chi connectivity index (χ2n) is 4.65. The fourth-order valence-corrected chi connectivity index (χ4v) is 2.34. The van der Waals surface area contributed by atoms with Gasteiger partial charge in [0.05, 0.1) is 35.9 Å². The molecule has 0 amide bonds. The predicted octanol–water partition coefficient (Wildman–Crippen LogP) is 1.51. The zero-order valence-corrected chi connectivity index (χ0v) is 11.0. The van der Waals surface area contributed by atoms with Gasteiger partial charge in [0.25, 0.3) is 0 Å². The Labute approximate surface area is 111 Å². The molecule has 0 aliphatic heterocycles. The Kier molecular flexibility index (Phi) is 2.83. The van der Waals surface area contributed by atoms with Crippen molar-refractivity contribution in [3.63, 3.8) is 0 Å². The molecule has 0 saturated heterocycles. The van der Waals surface area contributed by atoms with Crippen LogP contribution in [0.1, 0.15) is 5.82 Å². The number of hydrogen-bond donors (Lipinski definition) is 1. The van der Waals surface area contributed by atoms with Gasteiger partial charge in [-0.3, -0.25) is 0 Å². The molecule has 0 spiro atoms. The van der Waals surface area contributed by atoms with E-state index in [1.54, 1.807) is 0 Å². The molecule has 3 rings (SSSR count). The van der Waals surface area contributed by atoms with E-state index < -0.39 is 0 Å². The Morgan fingerprint density at radius 3 is 2.84 bits per heavy atom. The summed E-state index contributed by atoms with van der Waals surface area (Å²) >= 11 is 0. The first-order chi connectivity index (χ1) is 9.20. The highest BCUT2D eigenvalue weighted by Gasteiger charge is 2.09. The van der Waals surface area contributed by atoms with Crippen LogP contribution in [0.15, 0.2) is 30.7 Å². The number of aliphatic hydroxyl groups excluding tert-OH is 1. The van der Waals surface area contributed by atoms with Crippen LogP contribution in [0.2, 0.25) is 0 Å². The smallest absolute Gasteiger partial charge is 0.111 e. The summed E-state index contributed by atoms with van der Waals surface area (Å²) in [6.45, 7) is 0.115. The zero-order valence-electron chi connectivity index (χ0n) is 11.0. The molecule has 0 saturated carbocycles. The number of aromatic nitrogens is 4. The first-order valence-corrected chi connectivity index (χ1v) is 6.23. The van der Waals surface area contributed by atoms with Crippen molar-refractivity contribution < 1.29 is 5.11 Å². The first-order valence-electron chi connectivity index (χ1n) is 6.23. The minimum absolute atomic E-state index is 0.115. The van der Waals surface area contributed by atoms with E-state index in [0.717, 1.165) is 28.1 Å². The average Bonchev–Trinajstić information content (AvgIpc) is 2.95. The highest BCUT2D eigenvalue weighted by atomic mass is 16.3. The van der Waals surface area contributed by atoms with Gasteiger partial charge in [0.2, 0.25) is 0 Å². The van der Waals surface area contributed by atoms with E-state index in [9.17, 15) is 0 Å². The summed E-state index contributed by atoms with van der Waals surface area (Å²) in [6, 6.07) is 6.20. The van der Waals surface area contributed by atoms with Gasteiger partial charge < -0.3 is 14.2 Å². The van der Waals surface area contributed by atoms with Crippen LogP contribution in [-0.2, 0) is 20.5 Å². The standard InChI is InChI=1S/C14H16N4O/c1-17-9-16-11-7-10(3-4-12(11)17)13-8-15-14(5-6-19)18(13)2/h3-4,7-9,19H,5-6H2,1-2H3. The van der Waals surface area contributed by atoms with Crippen LogP contribution in [-0.4, -0.2) is 30.8 Å². The summed E-state index contributed by atoms with van der Waals surface area (Å²) < 4.78 is 4.01. The van der Waals surface area contributed by atoms with Crippen molar-refractivity contribution >= 4 is 11.0 Å². The second-order valence-corrected chi connectivity index (χ2v) is 4.65. The minimum atomic E-state index is 0.115. The molecule has 19 heavy (non-hydrogen) atoms. The molecule has 0 fully saturated rings. The molecular weight excluding hydrogens is 240 g/mol. The average molecular weight is 256 g/mol. The Morgan fingerprint density at radius 1 is 1.21 bits per heavy atom. The van der Waals surface area contributed by atoms with Crippen molar-refractivity contribution in [2.75, 3.05) is 6.61 Å². The van der Waals surface area contributed by atoms with Crippen LogP contribution in [0.5, 0.6) is 0 Å². The molecule has 3 aromatic rings. The Balaban J connectivity index is 2.08. The van der Waals surface area contributed by atoms with Crippen LogP contribution >= 0.6 is 0 Å². The molecule has 0 radical (unpaired) electrons. The topological polar surface area (TPSA) is 55.9 Å². The van der Waals surface area contributed by atoms with Crippen LogP contribution in [0.25, 0.3) is 22.3 Å². The number of hydrogen-bond acceptors (Lipinski definition) is 3. The van der Waals surface area contributed by atoms with Gasteiger partial charge in [-0.2, -0.15) is 0 Å². The van der Waals surface area contributed by atoms with Crippen LogP contribution in [0, 0.1) is 0 Å². The summed E-state index contributed by atoms with van der Waals surface area (Å²) in [7, 11) is 3.95. The van der Waals surface area contributed by atoms with E-state index in [1.807, 2.05) is 35.8 Å². The first kappa shape index (κ1) is 11.9. The molecule has 0 atom stereocenters. The number of imidazole rings is 2. The van der Waals surface area contributed by atoms with E-state index in [0.29, 0.717) is 6.42 Å². The maximum absolute atomic E-state index is 9.00. The number of aliphatic hydroxyl groups is 1. The third kappa shape index (κ3) is 1.92. The third-order valence-electron chi connectivity index (χ3n) is 3.44. The number of nitrogens with zero attached hydrogens (tertiary/aromatic N) is 4. The summed E-state index contributed by atoms with van der Waals surface area (Å²) in [5, 5.41) is 9.00. The third-order valence-corrected chi connectivity index (χ3v) is 3.44. The van der Waals surface area contributed by atoms with Gasteiger partial charge in [0, 0.05) is 26.1 Å². The van der Waals surface area contributed by atoms with E-state index >= 15 is 0 Å².